The van der Waals surface area contributed by atoms with Crippen LogP contribution in [-0.4, -0.2) is 19.5 Å². The predicted molar refractivity (Wildman–Crippen MR) is 114 cm³/mol. The Hall–Kier alpha value is -2.92. The van der Waals surface area contributed by atoms with E-state index in [4.69, 9.17) is 4.98 Å². The smallest absolute Gasteiger partial charge is 0.201 e. The molecule has 0 bridgehead atoms. The molecule has 140 valence electrons. The van der Waals surface area contributed by atoms with Gasteiger partial charge in [-0.2, -0.15) is 0 Å². The zero-order valence-corrected chi connectivity index (χ0v) is 17.0. The fourth-order valence-electron chi connectivity index (χ4n) is 3.16. The fourth-order valence-corrected chi connectivity index (χ4v) is 3.97. The topological polar surface area (TPSA) is 47.3 Å². The Morgan fingerprint density at radius 1 is 0.964 bits per heavy atom. The highest BCUT2D eigenvalue weighted by Crippen LogP contribution is 2.28. The predicted octanol–water partition coefficient (Wildman–Crippen LogP) is 5.18. The molecule has 0 aliphatic carbocycles. The van der Waals surface area contributed by atoms with Crippen molar-refractivity contribution >= 4 is 22.5 Å². The van der Waals surface area contributed by atoms with Crippen molar-refractivity contribution in [3.05, 3.63) is 83.3 Å². The maximum atomic E-state index is 12.8. The third-order valence-electron chi connectivity index (χ3n) is 4.61. The number of aromatic nitrogens is 3. The number of pyridine rings is 2. The molecule has 5 heteroatoms. The molecule has 0 unspecified atom stereocenters. The van der Waals surface area contributed by atoms with Crippen molar-refractivity contribution in [2.75, 3.05) is 0 Å². The molecule has 1 aromatic carbocycles. The van der Waals surface area contributed by atoms with Gasteiger partial charge in [-0.3, -0.25) is 4.79 Å². The molecular formula is C23H21N3OS. The summed E-state index contributed by atoms with van der Waals surface area (Å²) in [5.41, 5.74) is 7.06. The van der Waals surface area contributed by atoms with Gasteiger partial charge in [0.1, 0.15) is 10.7 Å². The lowest BCUT2D eigenvalue weighted by Gasteiger charge is -2.06. The van der Waals surface area contributed by atoms with Crippen LogP contribution in [0.5, 0.6) is 0 Å². The SMILES string of the molecule is Cc1ccc(-c2nc3ccc(C)cn3c2CC(=O)Sc2cc(C)ccn2)cc1. The Labute approximate surface area is 168 Å². The molecule has 4 rings (SSSR count). The highest BCUT2D eigenvalue weighted by molar-refractivity contribution is 8.13. The number of thioether (sulfide) groups is 1. The van der Waals surface area contributed by atoms with Gasteiger partial charge in [-0.05, 0) is 61.9 Å². The van der Waals surface area contributed by atoms with E-state index in [2.05, 4.69) is 36.2 Å². The number of rotatable bonds is 4. The quantitative estimate of drug-likeness (QED) is 0.453. The third kappa shape index (κ3) is 3.85. The van der Waals surface area contributed by atoms with Gasteiger partial charge in [0.25, 0.3) is 0 Å². The van der Waals surface area contributed by atoms with Crippen molar-refractivity contribution in [3.63, 3.8) is 0 Å². The van der Waals surface area contributed by atoms with E-state index in [9.17, 15) is 4.79 Å². The summed E-state index contributed by atoms with van der Waals surface area (Å²) in [6.07, 6.45) is 4.06. The van der Waals surface area contributed by atoms with E-state index in [1.807, 2.05) is 48.7 Å². The lowest BCUT2D eigenvalue weighted by molar-refractivity contribution is -0.110. The molecule has 0 atom stereocenters. The lowest BCUT2D eigenvalue weighted by atomic mass is 10.1. The van der Waals surface area contributed by atoms with Gasteiger partial charge < -0.3 is 4.40 Å². The molecule has 0 saturated heterocycles. The monoisotopic (exact) mass is 387 g/mol. The first-order valence-corrected chi connectivity index (χ1v) is 9.99. The average Bonchev–Trinajstić information content (AvgIpc) is 3.00. The summed E-state index contributed by atoms with van der Waals surface area (Å²) in [6.45, 7) is 6.10. The molecule has 0 aliphatic rings. The Morgan fingerprint density at radius 2 is 1.71 bits per heavy atom. The van der Waals surface area contributed by atoms with Crippen molar-refractivity contribution in [2.24, 2.45) is 0 Å². The average molecular weight is 388 g/mol. The van der Waals surface area contributed by atoms with Crippen LogP contribution < -0.4 is 0 Å². The zero-order chi connectivity index (χ0) is 19.7. The fraction of sp³-hybridized carbons (Fsp3) is 0.174. The minimum Gasteiger partial charge on any atom is -0.303 e. The van der Waals surface area contributed by atoms with Crippen LogP contribution in [0.25, 0.3) is 16.9 Å². The molecule has 0 N–H and O–H groups in total. The highest BCUT2D eigenvalue weighted by atomic mass is 32.2. The molecule has 28 heavy (non-hydrogen) atoms. The van der Waals surface area contributed by atoms with Crippen LogP contribution in [0.15, 0.2) is 66.0 Å². The number of nitrogens with zero attached hydrogens (tertiary/aromatic N) is 3. The molecule has 0 aliphatic heterocycles. The van der Waals surface area contributed by atoms with Gasteiger partial charge >= 0.3 is 0 Å². The first kappa shape index (κ1) is 18.4. The van der Waals surface area contributed by atoms with Crippen LogP contribution in [0.4, 0.5) is 0 Å². The Morgan fingerprint density at radius 3 is 2.46 bits per heavy atom. The number of hydrogen-bond acceptors (Lipinski definition) is 4. The normalized spacial score (nSPS) is 11.1. The Balaban J connectivity index is 1.73. The van der Waals surface area contributed by atoms with Gasteiger partial charge in [0.2, 0.25) is 5.12 Å². The second-order valence-corrected chi connectivity index (χ2v) is 8.11. The number of carbonyl (C=O) groups is 1. The zero-order valence-electron chi connectivity index (χ0n) is 16.1. The first-order valence-electron chi connectivity index (χ1n) is 9.17. The summed E-state index contributed by atoms with van der Waals surface area (Å²) in [7, 11) is 0. The summed E-state index contributed by atoms with van der Waals surface area (Å²) >= 11 is 1.18. The standard InChI is InChI=1S/C23H21N3OS/c1-15-4-7-18(8-5-15)23-19(26-14-17(3)6-9-20(26)25-23)13-22(27)28-21-12-16(2)10-11-24-21/h4-12,14H,13H2,1-3H3. The van der Waals surface area contributed by atoms with Gasteiger partial charge in [-0.25, -0.2) is 9.97 Å². The van der Waals surface area contributed by atoms with Crippen LogP contribution in [0.3, 0.4) is 0 Å². The number of benzene rings is 1. The molecule has 3 aromatic heterocycles. The van der Waals surface area contributed by atoms with Crippen LogP contribution in [0, 0.1) is 20.8 Å². The summed E-state index contributed by atoms with van der Waals surface area (Å²) < 4.78 is 2.03. The van der Waals surface area contributed by atoms with Crippen LogP contribution in [-0.2, 0) is 11.2 Å². The van der Waals surface area contributed by atoms with Crippen LogP contribution in [0.1, 0.15) is 22.4 Å². The maximum absolute atomic E-state index is 12.8. The minimum atomic E-state index is 0.0507. The van der Waals surface area contributed by atoms with Crippen molar-refractivity contribution in [1.29, 1.82) is 0 Å². The summed E-state index contributed by atoms with van der Waals surface area (Å²) in [5, 5.41) is 0.779. The van der Waals surface area contributed by atoms with E-state index < -0.39 is 0 Å². The highest BCUT2D eigenvalue weighted by Gasteiger charge is 2.18. The largest absolute Gasteiger partial charge is 0.303 e. The number of carbonyl (C=O) groups excluding carboxylic acids is 1. The van der Waals surface area contributed by atoms with Crippen molar-refractivity contribution < 1.29 is 4.79 Å². The number of hydrogen-bond donors (Lipinski definition) is 0. The van der Waals surface area contributed by atoms with Gasteiger partial charge in [0.05, 0.1) is 17.8 Å². The van der Waals surface area contributed by atoms with E-state index in [0.29, 0.717) is 0 Å². The lowest BCUT2D eigenvalue weighted by Crippen LogP contribution is -2.03. The van der Waals surface area contributed by atoms with Gasteiger partial charge in [0, 0.05) is 18.0 Å². The molecule has 0 fully saturated rings. The van der Waals surface area contributed by atoms with Crippen molar-refractivity contribution in [1.82, 2.24) is 14.4 Å². The van der Waals surface area contributed by atoms with E-state index in [1.54, 1.807) is 6.20 Å². The van der Waals surface area contributed by atoms with Gasteiger partial charge in [0.15, 0.2) is 0 Å². The maximum Gasteiger partial charge on any atom is 0.201 e. The molecule has 3 heterocycles. The van der Waals surface area contributed by atoms with Gasteiger partial charge in [-0.1, -0.05) is 35.9 Å². The van der Waals surface area contributed by atoms with Crippen molar-refractivity contribution in [3.8, 4) is 11.3 Å². The van der Waals surface area contributed by atoms with Crippen LogP contribution in [0.2, 0.25) is 0 Å². The second kappa shape index (κ2) is 7.60. The van der Waals surface area contributed by atoms with E-state index in [-0.39, 0.29) is 11.5 Å². The molecule has 0 spiro atoms. The minimum absolute atomic E-state index is 0.0507. The third-order valence-corrected chi connectivity index (χ3v) is 5.42. The Bertz CT molecular complexity index is 1160. The van der Waals surface area contributed by atoms with E-state index >= 15 is 0 Å². The van der Waals surface area contributed by atoms with Gasteiger partial charge in [-0.15, -0.1) is 0 Å². The van der Waals surface area contributed by atoms with Crippen molar-refractivity contribution in [2.45, 2.75) is 32.2 Å². The molecule has 0 amide bonds. The number of fused-ring (bicyclic) bond motifs is 1. The Kier molecular flexibility index (Phi) is 5.01. The molecular weight excluding hydrogens is 366 g/mol. The summed E-state index contributed by atoms with van der Waals surface area (Å²) in [4.78, 5) is 21.9. The molecule has 0 radical (unpaired) electrons. The van der Waals surface area contributed by atoms with E-state index in [1.165, 1.54) is 17.3 Å². The molecule has 4 nitrogen and oxygen atoms in total. The number of aryl methyl sites for hydroxylation is 3. The molecule has 4 aromatic rings. The van der Waals surface area contributed by atoms with Crippen LogP contribution >= 0.6 is 11.8 Å². The molecule has 0 saturated carbocycles. The summed E-state index contributed by atoms with van der Waals surface area (Å²) in [6, 6.07) is 16.2. The van der Waals surface area contributed by atoms with E-state index in [0.717, 1.165) is 38.8 Å². The summed E-state index contributed by atoms with van der Waals surface area (Å²) in [5.74, 6) is 0. The first-order chi connectivity index (χ1) is 13.5. The number of imidazole rings is 1. The second-order valence-electron chi connectivity index (χ2n) is 7.03.